The van der Waals surface area contributed by atoms with Gasteiger partial charge in [0.15, 0.2) is 4.34 Å². The lowest BCUT2D eigenvalue weighted by Gasteiger charge is -2.26. The molecule has 10 nitrogen and oxygen atoms in total. The SMILES string of the molecule is O=C(CSc1nnc(NCc2ccco2)s1)Nc1cccc(S(=O)(=O)N2CCOCC2)c1. The number of rotatable bonds is 9. The van der Waals surface area contributed by atoms with Crippen LogP contribution in [0.25, 0.3) is 0 Å². The van der Waals surface area contributed by atoms with Gasteiger partial charge in [-0.2, -0.15) is 4.31 Å². The number of thioether (sulfide) groups is 1. The highest BCUT2D eigenvalue weighted by Gasteiger charge is 2.26. The molecule has 13 heteroatoms. The van der Waals surface area contributed by atoms with Gasteiger partial charge in [0.25, 0.3) is 0 Å². The molecular formula is C19H21N5O5S3. The summed E-state index contributed by atoms with van der Waals surface area (Å²) in [6.45, 7) is 1.87. The molecule has 2 N–H and O–H groups in total. The number of ether oxygens (including phenoxy) is 1. The van der Waals surface area contributed by atoms with Crippen LogP contribution in [0.15, 0.2) is 56.3 Å². The summed E-state index contributed by atoms with van der Waals surface area (Å²) < 4.78 is 38.1. The van der Waals surface area contributed by atoms with E-state index < -0.39 is 10.0 Å². The van der Waals surface area contributed by atoms with E-state index in [-0.39, 0.29) is 16.6 Å². The number of benzene rings is 1. The summed E-state index contributed by atoms with van der Waals surface area (Å²) >= 11 is 2.59. The third-order valence-corrected chi connectivity index (χ3v) is 8.36. The molecule has 170 valence electrons. The van der Waals surface area contributed by atoms with Gasteiger partial charge in [0, 0.05) is 18.8 Å². The van der Waals surface area contributed by atoms with Crippen LogP contribution in [-0.2, 0) is 26.1 Å². The van der Waals surface area contributed by atoms with E-state index in [1.54, 1.807) is 18.4 Å². The second-order valence-corrected chi connectivity index (χ2v) is 10.8. The minimum atomic E-state index is -3.63. The summed E-state index contributed by atoms with van der Waals surface area (Å²) in [5, 5.41) is 14.6. The Balaban J connectivity index is 1.29. The minimum Gasteiger partial charge on any atom is -0.467 e. The van der Waals surface area contributed by atoms with Crippen LogP contribution in [0.5, 0.6) is 0 Å². The summed E-state index contributed by atoms with van der Waals surface area (Å²) in [6.07, 6.45) is 1.60. The molecule has 1 saturated heterocycles. The van der Waals surface area contributed by atoms with Gasteiger partial charge >= 0.3 is 0 Å². The van der Waals surface area contributed by atoms with Crippen molar-refractivity contribution >= 4 is 49.8 Å². The van der Waals surface area contributed by atoms with E-state index in [1.165, 1.54) is 39.5 Å². The number of carbonyl (C=O) groups is 1. The number of hydrogen-bond acceptors (Lipinski definition) is 10. The molecule has 2 aromatic heterocycles. The maximum atomic E-state index is 12.8. The van der Waals surface area contributed by atoms with Gasteiger partial charge in [-0.25, -0.2) is 8.42 Å². The van der Waals surface area contributed by atoms with E-state index in [0.717, 1.165) is 5.76 Å². The highest BCUT2D eigenvalue weighted by atomic mass is 32.2. The third-order valence-electron chi connectivity index (χ3n) is 4.45. The van der Waals surface area contributed by atoms with Gasteiger partial charge in [0.1, 0.15) is 5.76 Å². The van der Waals surface area contributed by atoms with Crippen molar-refractivity contribution in [3.05, 3.63) is 48.4 Å². The molecule has 3 heterocycles. The van der Waals surface area contributed by atoms with Crippen molar-refractivity contribution in [1.29, 1.82) is 0 Å². The largest absolute Gasteiger partial charge is 0.467 e. The fourth-order valence-electron chi connectivity index (χ4n) is 2.91. The van der Waals surface area contributed by atoms with Crippen LogP contribution in [0.3, 0.4) is 0 Å². The van der Waals surface area contributed by atoms with E-state index in [4.69, 9.17) is 9.15 Å². The molecule has 1 fully saturated rings. The molecule has 1 aliphatic rings. The topological polar surface area (TPSA) is 127 Å². The van der Waals surface area contributed by atoms with Crippen molar-refractivity contribution in [2.24, 2.45) is 0 Å². The number of nitrogens with one attached hydrogen (secondary N) is 2. The Hall–Kier alpha value is -2.45. The van der Waals surface area contributed by atoms with Crippen molar-refractivity contribution in [1.82, 2.24) is 14.5 Å². The molecule has 0 atom stereocenters. The number of nitrogens with zero attached hydrogens (tertiary/aromatic N) is 3. The molecule has 0 spiro atoms. The van der Waals surface area contributed by atoms with Gasteiger partial charge in [-0.1, -0.05) is 29.2 Å². The van der Waals surface area contributed by atoms with Gasteiger partial charge in [0.2, 0.25) is 21.1 Å². The monoisotopic (exact) mass is 495 g/mol. The zero-order chi connectivity index (χ0) is 22.4. The molecule has 1 aromatic carbocycles. The van der Waals surface area contributed by atoms with Crippen LogP contribution in [0.4, 0.5) is 10.8 Å². The number of carbonyl (C=O) groups excluding carboxylic acids is 1. The Kier molecular flexibility index (Phi) is 7.42. The zero-order valence-electron chi connectivity index (χ0n) is 16.9. The van der Waals surface area contributed by atoms with Crippen molar-refractivity contribution < 1.29 is 22.4 Å². The molecule has 0 aliphatic carbocycles. The molecule has 0 saturated carbocycles. The quantitative estimate of drug-likeness (QED) is 0.431. The second kappa shape index (κ2) is 10.4. The molecule has 32 heavy (non-hydrogen) atoms. The molecule has 3 aromatic rings. The number of aromatic nitrogens is 2. The molecule has 4 rings (SSSR count). The van der Waals surface area contributed by atoms with E-state index in [9.17, 15) is 13.2 Å². The Morgan fingerprint density at radius 2 is 2.03 bits per heavy atom. The lowest BCUT2D eigenvalue weighted by atomic mass is 10.3. The number of anilines is 2. The van der Waals surface area contributed by atoms with E-state index in [1.807, 2.05) is 12.1 Å². The maximum absolute atomic E-state index is 12.8. The van der Waals surface area contributed by atoms with Crippen molar-refractivity contribution in [3.8, 4) is 0 Å². The minimum absolute atomic E-state index is 0.118. The fraction of sp³-hybridized carbons (Fsp3) is 0.316. The van der Waals surface area contributed by atoms with Crippen LogP contribution in [0, 0.1) is 0 Å². The normalized spacial score (nSPS) is 14.9. The first-order valence-corrected chi connectivity index (χ1v) is 13.0. The predicted molar refractivity (Wildman–Crippen MR) is 121 cm³/mol. The molecule has 0 unspecified atom stereocenters. The summed E-state index contributed by atoms with van der Waals surface area (Å²) in [5.74, 6) is 0.635. The van der Waals surface area contributed by atoms with Gasteiger partial charge in [-0.3, -0.25) is 4.79 Å². The Morgan fingerprint density at radius 3 is 2.81 bits per heavy atom. The first-order valence-electron chi connectivity index (χ1n) is 9.71. The molecular weight excluding hydrogens is 474 g/mol. The molecule has 0 radical (unpaired) electrons. The molecule has 1 aliphatic heterocycles. The summed E-state index contributed by atoms with van der Waals surface area (Å²) in [7, 11) is -3.63. The van der Waals surface area contributed by atoms with Gasteiger partial charge in [-0.05, 0) is 30.3 Å². The van der Waals surface area contributed by atoms with Crippen molar-refractivity contribution in [2.75, 3.05) is 42.7 Å². The van der Waals surface area contributed by atoms with Gasteiger partial charge in [-0.15, -0.1) is 10.2 Å². The number of morpholine rings is 1. The Morgan fingerprint density at radius 1 is 1.19 bits per heavy atom. The smallest absolute Gasteiger partial charge is 0.243 e. The van der Waals surface area contributed by atoms with E-state index in [0.29, 0.717) is 48.0 Å². The van der Waals surface area contributed by atoms with Crippen molar-refractivity contribution in [2.45, 2.75) is 15.8 Å². The molecule has 0 bridgehead atoms. The van der Waals surface area contributed by atoms with Gasteiger partial charge < -0.3 is 19.8 Å². The average Bonchev–Trinajstić information content (AvgIpc) is 3.49. The van der Waals surface area contributed by atoms with Crippen LogP contribution in [0.1, 0.15) is 5.76 Å². The van der Waals surface area contributed by atoms with Crippen LogP contribution in [0.2, 0.25) is 0 Å². The summed E-state index contributed by atoms with van der Waals surface area (Å²) in [6, 6.07) is 9.92. The van der Waals surface area contributed by atoms with E-state index >= 15 is 0 Å². The predicted octanol–water partition coefficient (Wildman–Crippen LogP) is 2.49. The first kappa shape index (κ1) is 22.7. The number of furan rings is 1. The molecule has 1 amide bonds. The number of sulfonamides is 1. The Bertz CT molecular complexity index is 1140. The van der Waals surface area contributed by atoms with Crippen molar-refractivity contribution in [3.63, 3.8) is 0 Å². The maximum Gasteiger partial charge on any atom is 0.243 e. The summed E-state index contributed by atoms with van der Waals surface area (Å²) in [5.41, 5.74) is 0.419. The first-order chi connectivity index (χ1) is 15.5. The highest BCUT2D eigenvalue weighted by molar-refractivity contribution is 8.01. The third kappa shape index (κ3) is 5.86. The standard InChI is InChI=1S/C19H21N5O5S3/c25-17(13-30-19-23-22-18(31-19)20-12-15-4-2-8-29-15)21-14-3-1-5-16(11-14)32(26,27)24-6-9-28-10-7-24/h1-5,8,11H,6-7,9-10,12-13H2,(H,20,22)(H,21,25). The fourth-order valence-corrected chi connectivity index (χ4v) is 5.91. The Labute approximate surface area is 193 Å². The average molecular weight is 496 g/mol. The number of amides is 1. The van der Waals surface area contributed by atoms with Gasteiger partial charge in [0.05, 0.1) is 36.7 Å². The number of hydrogen-bond donors (Lipinski definition) is 2. The van der Waals surface area contributed by atoms with E-state index in [2.05, 4.69) is 20.8 Å². The summed E-state index contributed by atoms with van der Waals surface area (Å²) in [4.78, 5) is 12.5. The lowest BCUT2D eigenvalue weighted by Crippen LogP contribution is -2.40. The highest BCUT2D eigenvalue weighted by Crippen LogP contribution is 2.26. The van der Waals surface area contributed by atoms with Crippen LogP contribution < -0.4 is 10.6 Å². The lowest BCUT2D eigenvalue weighted by molar-refractivity contribution is -0.113. The van der Waals surface area contributed by atoms with Crippen LogP contribution >= 0.6 is 23.1 Å². The van der Waals surface area contributed by atoms with Crippen LogP contribution in [-0.4, -0.2) is 60.9 Å². The second-order valence-electron chi connectivity index (χ2n) is 6.69. The zero-order valence-corrected chi connectivity index (χ0v) is 19.3.